The lowest BCUT2D eigenvalue weighted by Crippen LogP contribution is -2.38. The highest BCUT2D eigenvalue weighted by Crippen LogP contribution is 2.31. The van der Waals surface area contributed by atoms with Gasteiger partial charge in [0.15, 0.2) is 0 Å². The van der Waals surface area contributed by atoms with Crippen LogP contribution in [0.2, 0.25) is 0 Å². The fraction of sp³-hybridized carbons (Fsp3) is 0.286. The summed E-state index contributed by atoms with van der Waals surface area (Å²) in [5.41, 5.74) is 8.79. The van der Waals surface area contributed by atoms with E-state index >= 15 is 0 Å². The molecule has 0 bridgehead atoms. The first kappa shape index (κ1) is 11.8. The third-order valence-electron chi connectivity index (χ3n) is 3.44. The number of nitrogens with zero attached hydrogens (tertiary/aromatic N) is 3. The van der Waals surface area contributed by atoms with Crippen LogP contribution in [0, 0.1) is 0 Å². The van der Waals surface area contributed by atoms with Crippen molar-refractivity contribution in [3.8, 4) is 0 Å². The maximum Gasteiger partial charge on any atom is 0.248 e. The summed E-state index contributed by atoms with van der Waals surface area (Å²) in [7, 11) is 0. The molecule has 5 nitrogen and oxygen atoms in total. The Morgan fingerprint density at radius 2 is 2.26 bits per heavy atom. The molecule has 5 heteroatoms. The van der Waals surface area contributed by atoms with Crippen LogP contribution in [0.3, 0.4) is 0 Å². The molecule has 0 unspecified atom stereocenters. The van der Waals surface area contributed by atoms with Gasteiger partial charge in [0.25, 0.3) is 0 Å². The van der Waals surface area contributed by atoms with Crippen molar-refractivity contribution in [3.63, 3.8) is 0 Å². The fourth-order valence-electron chi connectivity index (χ4n) is 2.53. The second-order valence-electron chi connectivity index (χ2n) is 4.70. The first-order valence-corrected chi connectivity index (χ1v) is 6.41. The molecule has 1 aromatic carbocycles. The normalized spacial score (nSPS) is 14.2. The largest absolute Gasteiger partial charge is 0.398 e. The number of hydrogen-bond acceptors (Lipinski definition) is 3. The maximum atomic E-state index is 12.4. The standard InChI is InChI=1S/C14H16N4O/c15-12-5-1-6-13-11(12)4-2-9-18(13)14(19)10-17-8-3-7-16-17/h1,3,5-8H,2,4,9-10,15H2. The smallest absolute Gasteiger partial charge is 0.248 e. The van der Waals surface area contributed by atoms with Gasteiger partial charge >= 0.3 is 0 Å². The molecule has 98 valence electrons. The summed E-state index contributed by atoms with van der Waals surface area (Å²) in [6, 6.07) is 7.56. The molecule has 0 fully saturated rings. The summed E-state index contributed by atoms with van der Waals surface area (Å²) in [5, 5.41) is 4.07. The highest BCUT2D eigenvalue weighted by molar-refractivity contribution is 5.95. The van der Waals surface area contributed by atoms with Crippen molar-refractivity contribution in [2.24, 2.45) is 0 Å². The molecule has 2 N–H and O–H groups in total. The Labute approximate surface area is 111 Å². The summed E-state index contributed by atoms with van der Waals surface area (Å²) in [4.78, 5) is 14.2. The van der Waals surface area contributed by atoms with Crippen LogP contribution in [-0.4, -0.2) is 22.2 Å². The zero-order chi connectivity index (χ0) is 13.2. The molecule has 0 atom stereocenters. The molecule has 3 rings (SSSR count). The zero-order valence-corrected chi connectivity index (χ0v) is 10.6. The van der Waals surface area contributed by atoms with Crippen LogP contribution in [0.1, 0.15) is 12.0 Å². The van der Waals surface area contributed by atoms with E-state index in [0.717, 1.165) is 36.3 Å². The van der Waals surface area contributed by atoms with Crippen molar-refractivity contribution in [2.45, 2.75) is 19.4 Å². The molecule has 2 heterocycles. The Hall–Kier alpha value is -2.30. The number of hydrogen-bond donors (Lipinski definition) is 1. The predicted molar refractivity (Wildman–Crippen MR) is 73.8 cm³/mol. The number of carbonyl (C=O) groups excluding carboxylic acids is 1. The van der Waals surface area contributed by atoms with Gasteiger partial charge in [-0.25, -0.2) is 0 Å². The van der Waals surface area contributed by atoms with Gasteiger partial charge in [-0.15, -0.1) is 0 Å². The second kappa shape index (κ2) is 4.76. The van der Waals surface area contributed by atoms with E-state index in [9.17, 15) is 4.79 Å². The predicted octanol–water partition coefficient (Wildman–Crippen LogP) is 1.44. The van der Waals surface area contributed by atoms with Crippen LogP contribution >= 0.6 is 0 Å². The Balaban J connectivity index is 1.87. The maximum absolute atomic E-state index is 12.4. The molecule has 0 saturated heterocycles. The molecule has 0 aliphatic carbocycles. The lowest BCUT2D eigenvalue weighted by atomic mass is 10.00. The third kappa shape index (κ3) is 2.19. The highest BCUT2D eigenvalue weighted by atomic mass is 16.2. The Bertz CT molecular complexity index is 591. The van der Waals surface area contributed by atoms with Gasteiger partial charge in [0.05, 0.1) is 0 Å². The van der Waals surface area contributed by atoms with Gasteiger partial charge in [-0.1, -0.05) is 6.07 Å². The first-order valence-electron chi connectivity index (χ1n) is 6.41. The number of nitrogens with two attached hydrogens (primary N) is 1. The van der Waals surface area contributed by atoms with Gasteiger partial charge in [0, 0.05) is 30.3 Å². The molecular weight excluding hydrogens is 240 g/mol. The van der Waals surface area contributed by atoms with Gasteiger partial charge in [-0.2, -0.15) is 5.10 Å². The van der Waals surface area contributed by atoms with Crippen molar-refractivity contribution < 1.29 is 4.79 Å². The SMILES string of the molecule is Nc1cccc2c1CCCN2C(=O)Cn1cccn1. The van der Waals surface area contributed by atoms with Crippen LogP contribution in [-0.2, 0) is 17.8 Å². The monoisotopic (exact) mass is 256 g/mol. The van der Waals surface area contributed by atoms with Gasteiger partial charge in [-0.05, 0) is 36.6 Å². The summed E-state index contributed by atoms with van der Waals surface area (Å²) in [5.74, 6) is 0.0512. The number of rotatable bonds is 2. The van der Waals surface area contributed by atoms with Crippen molar-refractivity contribution >= 4 is 17.3 Å². The van der Waals surface area contributed by atoms with Crippen molar-refractivity contribution in [1.82, 2.24) is 9.78 Å². The zero-order valence-electron chi connectivity index (χ0n) is 10.6. The summed E-state index contributed by atoms with van der Waals surface area (Å²) in [6.07, 6.45) is 5.36. The van der Waals surface area contributed by atoms with Crippen LogP contribution in [0.4, 0.5) is 11.4 Å². The third-order valence-corrected chi connectivity index (χ3v) is 3.44. The minimum absolute atomic E-state index is 0.0512. The lowest BCUT2D eigenvalue weighted by Gasteiger charge is -2.30. The first-order chi connectivity index (χ1) is 9.25. The number of nitrogen functional groups attached to an aromatic ring is 1. The molecule has 1 aromatic heterocycles. The fourth-order valence-corrected chi connectivity index (χ4v) is 2.53. The minimum atomic E-state index is 0.0512. The van der Waals surface area contributed by atoms with Crippen LogP contribution in [0.15, 0.2) is 36.7 Å². The molecule has 2 aromatic rings. The average molecular weight is 256 g/mol. The van der Waals surface area contributed by atoms with E-state index in [0.29, 0.717) is 0 Å². The minimum Gasteiger partial charge on any atom is -0.398 e. The lowest BCUT2D eigenvalue weighted by molar-refractivity contribution is -0.119. The van der Waals surface area contributed by atoms with Gasteiger partial charge in [0.1, 0.15) is 6.54 Å². The van der Waals surface area contributed by atoms with E-state index in [1.807, 2.05) is 29.2 Å². The van der Waals surface area contributed by atoms with Gasteiger partial charge in [-0.3, -0.25) is 9.48 Å². The number of aromatic nitrogens is 2. The summed E-state index contributed by atoms with van der Waals surface area (Å²) in [6.45, 7) is 1.01. The quantitative estimate of drug-likeness (QED) is 0.827. The number of carbonyl (C=O) groups is 1. The number of fused-ring (bicyclic) bond motifs is 1. The van der Waals surface area contributed by atoms with Crippen molar-refractivity contribution in [3.05, 3.63) is 42.2 Å². The van der Waals surface area contributed by atoms with E-state index in [-0.39, 0.29) is 12.5 Å². The van der Waals surface area contributed by atoms with Crippen molar-refractivity contribution in [2.75, 3.05) is 17.2 Å². The second-order valence-corrected chi connectivity index (χ2v) is 4.70. The van der Waals surface area contributed by atoms with E-state index in [4.69, 9.17) is 5.73 Å². The number of anilines is 2. The van der Waals surface area contributed by atoms with Crippen molar-refractivity contribution in [1.29, 1.82) is 0 Å². The number of benzene rings is 1. The Morgan fingerprint density at radius 1 is 1.37 bits per heavy atom. The van der Waals surface area contributed by atoms with E-state index in [2.05, 4.69) is 5.10 Å². The molecule has 1 aliphatic rings. The van der Waals surface area contributed by atoms with Gasteiger partial charge in [0.2, 0.25) is 5.91 Å². The van der Waals surface area contributed by atoms with Crippen LogP contribution in [0.5, 0.6) is 0 Å². The molecular formula is C14H16N4O. The Kier molecular flexibility index (Phi) is 2.95. The molecule has 1 aliphatic heterocycles. The summed E-state index contributed by atoms with van der Waals surface area (Å²) < 4.78 is 1.64. The molecule has 0 saturated carbocycles. The van der Waals surface area contributed by atoms with E-state index in [1.165, 1.54) is 0 Å². The van der Waals surface area contributed by atoms with Crippen LogP contribution in [0.25, 0.3) is 0 Å². The van der Waals surface area contributed by atoms with Gasteiger partial charge < -0.3 is 10.6 Å². The van der Waals surface area contributed by atoms with E-state index < -0.39 is 0 Å². The van der Waals surface area contributed by atoms with Crippen LogP contribution < -0.4 is 10.6 Å². The average Bonchev–Trinajstić information content (AvgIpc) is 2.91. The molecule has 0 radical (unpaired) electrons. The summed E-state index contributed by atoms with van der Waals surface area (Å²) >= 11 is 0. The molecule has 19 heavy (non-hydrogen) atoms. The topological polar surface area (TPSA) is 64.2 Å². The highest BCUT2D eigenvalue weighted by Gasteiger charge is 2.23. The van der Waals surface area contributed by atoms with E-state index in [1.54, 1.807) is 17.1 Å². The Morgan fingerprint density at radius 3 is 3.05 bits per heavy atom. The number of amides is 1. The molecule has 1 amide bonds. The molecule has 0 spiro atoms.